The number of thiophene rings is 2. The number of rotatable bonds is 3. The van der Waals surface area contributed by atoms with Crippen molar-refractivity contribution in [2.24, 2.45) is 5.84 Å². The van der Waals surface area contributed by atoms with Crippen LogP contribution in [0.25, 0.3) is 10.2 Å². The molecule has 1 amide bonds. The van der Waals surface area contributed by atoms with Crippen molar-refractivity contribution < 1.29 is 4.79 Å². The lowest BCUT2D eigenvalue weighted by Gasteiger charge is -2.04. The Morgan fingerprint density at radius 3 is 3.10 bits per heavy atom. The van der Waals surface area contributed by atoms with Crippen LogP contribution in [0.5, 0.6) is 0 Å². The van der Waals surface area contributed by atoms with Crippen LogP contribution in [0, 0.1) is 6.92 Å². The van der Waals surface area contributed by atoms with E-state index in [1.807, 2.05) is 12.3 Å². The van der Waals surface area contributed by atoms with Crippen molar-refractivity contribution in [2.45, 2.75) is 13.5 Å². The number of aryl methyl sites for hydroxylation is 1. The Bertz CT molecular complexity index is 878. The zero-order valence-electron chi connectivity index (χ0n) is 11.1. The van der Waals surface area contributed by atoms with Crippen LogP contribution in [0.4, 0.5) is 0 Å². The van der Waals surface area contributed by atoms with Crippen LogP contribution in [-0.2, 0) is 6.54 Å². The molecule has 0 bridgehead atoms. The standard InChI is InChI=1S/C13H12N4O2S2/c1-7-8(4-10(21-7)11(18)16-14)5-17-6-15-12-9(13(17)19)2-3-20-12/h2-4,6H,5,14H2,1H3,(H,16,18). The largest absolute Gasteiger partial charge is 0.294 e. The molecule has 0 aliphatic carbocycles. The molecule has 3 N–H and O–H groups in total. The van der Waals surface area contributed by atoms with Crippen LogP contribution < -0.4 is 16.8 Å². The molecule has 3 aromatic heterocycles. The number of hydrazine groups is 1. The molecular weight excluding hydrogens is 308 g/mol. The van der Waals surface area contributed by atoms with E-state index in [0.29, 0.717) is 16.8 Å². The number of hydrogen-bond acceptors (Lipinski definition) is 6. The summed E-state index contributed by atoms with van der Waals surface area (Å²) in [6, 6.07) is 3.53. The van der Waals surface area contributed by atoms with Gasteiger partial charge in [-0.15, -0.1) is 22.7 Å². The van der Waals surface area contributed by atoms with E-state index in [9.17, 15) is 9.59 Å². The average Bonchev–Trinajstić information content (AvgIpc) is 3.09. The minimum absolute atomic E-state index is 0.0725. The molecule has 0 aliphatic heterocycles. The molecule has 0 aromatic carbocycles. The summed E-state index contributed by atoms with van der Waals surface area (Å²) in [5, 5.41) is 2.47. The van der Waals surface area contributed by atoms with Gasteiger partial charge in [0.1, 0.15) is 4.83 Å². The molecule has 3 aromatic rings. The topological polar surface area (TPSA) is 90.0 Å². The summed E-state index contributed by atoms with van der Waals surface area (Å²) in [6.45, 7) is 2.30. The maximum absolute atomic E-state index is 12.3. The molecule has 108 valence electrons. The lowest BCUT2D eigenvalue weighted by Crippen LogP contribution is -2.29. The SMILES string of the molecule is Cc1sc(C(=O)NN)cc1Cn1cnc2sccc2c1=O. The molecule has 8 heteroatoms. The van der Waals surface area contributed by atoms with E-state index in [1.54, 1.807) is 23.0 Å². The molecule has 0 saturated carbocycles. The Morgan fingerprint density at radius 2 is 2.33 bits per heavy atom. The fourth-order valence-electron chi connectivity index (χ4n) is 2.05. The summed E-state index contributed by atoms with van der Waals surface area (Å²) in [4.78, 5) is 30.4. The summed E-state index contributed by atoms with van der Waals surface area (Å²) in [7, 11) is 0. The van der Waals surface area contributed by atoms with Crippen LogP contribution in [0.1, 0.15) is 20.1 Å². The number of nitrogens with zero attached hydrogens (tertiary/aromatic N) is 2. The van der Waals surface area contributed by atoms with E-state index in [-0.39, 0.29) is 11.5 Å². The first-order chi connectivity index (χ1) is 10.1. The van der Waals surface area contributed by atoms with Crippen LogP contribution in [0.3, 0.4) is 0 Å². The van der Waals surface area contributed by atoms with Gasteiger partial charge in [0.15, 0.2) is 0 Å². The fourth-order valence-corrected chi connectivity index (χ4v) is 3.71. The molecule has 0 unspecified atom stereocenters. The first kappa shape index (κ1) is 13.9. The second-order valence-corrected chi connectivity index (χ2v) is 6.63. The molecule has 3 rings (SSSR count). The molecule has 0 spiro atoms. The molecule has 0 atom stereocenters. The molecule has 0 radical (unpaired) electrons. The smallest absolute Gasteiger partial charge is 0.275 e. The minimum atomic E-state index is -0.326. The molecular formula is C13H12N4O2S2. The highest BCUT2D eigenvalue weighted by molar-refractivity contribution is 7.16. The summed E-state index contributed by atoms with van der Waals surface area (Å²) >= 11 is 2.79. The normalized spacial score (nSPS) is 11.0. The molecule has 6 nitrogen and oxygen atoms in total. The quantitative estimate of drug-likeness (QED) is 0.434. The van der Waals surface area contributed by atoms with Crippen LogP contribution in [0.15, 0.2) is 28.6 Å². The van der Waals surface area contributed by atoms with Crippen LogP contribution in [-0.4, -0.2) is 15.5 Å². The number of aromatic nitrogens is 2. The number of fused-ring (bicyclic) bond motifs is 1. The zero-order valence-corrected chi connectivity index (χ0v) is 12.8. The van der Waals surface area contributed by atoms with Gasteiger partial charge in [-0.3, -0.25) is 19.6 Å². The van der Waals surface area contributed by atoms with Gasteiger partial charge in [0.25, 0.3) is 11.5 Å². The van der Waals surface area contributed by atoms with Gasteiger partial charge in [0.05, 0.1) is 23.1 Å². The van der Waals surface area contributed by atoms with Crippen LogP contribution in [0.2, 0.25) is 0 Å². The Morgan fingerprint density at radius 1 is 1.52 bits per heavy atom. The van der Waals surface area contributed by atoms with Gasteiger partial charge in [0, 0.05) is 4.88 Å². The van der Waals surface area contributed by atoms with Gasteiger partial charge in [-0.2, -0.15) is 0 Å². The Hall–Kier alpha value is -2.03. The highest BCUT2D eigenvalue weighted by atomic mass is 32.1. The second-order valence-electron chi connectivity index (χ2n) is 4.48. The van der Waals surface area contributed by atoms with Crippen molar-refractivity contribution in [1.29, 1.82) is 0 Å². The van der Waals surface area contributed by atoms with Gasteiger partial charge in [-0.05, 0) is 30.0 Å². The predicted molar refractivity (Wildman–Crippen MR) is 83.7 cm³/mol. The fraction of sp³-hybridized carbons (Fsp3) is 0.154. The van der Waals surface area contributed by atoms with E-state index in [4.69, 9.17) is 5.84 Å². The number of nitrogen functional groups attached to an aromatic ring is 1. The highest BCUT2D eigenvalue weighted by Crippen LogP contribution is 2.22. The predicted octanol–water partition coefficient (Wildman–Crippen LogP) is 1.48. The Labute approximate surface area is 127 Å². The number of nitrogens with two attached hydrogens (primary N) is 1. The van der Waals surface area contributed by atoms with Crippen molar-refractivity contribution in [2.75, 3.05) is 0 Å². The van der Waals surface area contributed by atoms with Crippen LogP contribution >= 0.6 is 22.7 Å². The third kappa shape index (κ3) is 2.48. The highest BCUT2D eigenvalue weighted by Gasteiger charge is 2.13. The lowest BCUT2D eigenvalue weighted by molar-refractivity contribution is 0.0957. The Kier molecular flexibility index (Phi) is 3.58. The number of amides is 1. The van der Waals surface area contributed by atoms with Gasteiger partial charge in [0.2, 0.25) is 0 Å². The van der Waals surface area contributed by atoms with Crippen molar-refractivity contribution >= 4 is 38.8 Å². The van der Waals surface area contributed by atoms with Gasteiger partial charge < -0.3 is 0 Å². The van der Waals surface area contributed by atoms with E-state index in [2.05, 4.69) is 10.4 Å². The summed E-state index contributed by atoms with van der Waals surface area (Å²) < 4.78 is 1.55. The van der Waals surface area contributed by atoms with Crippen molar-refractivity contribution in [3.05, 3.63) is 49.5 Å². The van der Waals surface area contributed by atoms with Crippen molar-refractivity contribution in [3.8, 4) is 0 Å². The lowest BCUT2D eigenvalue weighted by atomic mass is 10.2. The van der Waals surface area contributed by atoms with E-state index in [0.717, 1.165) is 15.3 Å². The van der Waals surface area contributed by atoms with Gasteiger partial charge >= 0.3 is 0 Å². The minimum Gasteiger partial charge on any atom is -0.294 e. The van der Waals surface area contributed by atoms with E-state index >= 15 is 0 Å². The average molecular weight is 320 g/mol. The number of carbonyl (C=O) groups is 1. The first-order valence-corrected chi connectivity index (χ1v) is 7.82. The maximum Gasteiger partial charge on any atom is 0.275 e. The Balaban J connectivity index is 1.98. The zero-order chi connectivity index (χ0) is 15.0. The third-order valence-electron chi connectivity index (χ3n) is 3.17. The van der Waals surface area contributed by atoms with Gasteiger partial charge in [-0.1, -0.05) is 0 Å². The number of nitrogens with one attached hydrogen (secondary N) is 1. The monoisotopic (exact) mass is 320 g/mol. The third-order valence-corrected chi connectivity index (χ3v) is 5.08. The summed E-state index contributed by atoms with van der Waals surface area (Å²) in [5.41, 5.74) is 2.95. The molecule has 0 aliphatic rings. The molecule has 0 fully saturated rings. The summed E-state index contributed by atoms with van der Waals surface area (Å²) in [6.07, 6.45) is 1.54. The molecule has 0 saturated heterocycles. The van der Waals surface area contributed by atoms with E-state index < -0.39 is 0 Å². The summed E-state index contributed by atoms with van der Waals surface area (Å²) in [5.74, 6) is 4.81. The van der Waals surface area contributed by atoms with Gasteiger partial charge in [-0.25, -0.2) is 10.8 Å². The molecule has 3 heterocycles. The molecule has 21 heavy (non-hydrogen) atoms. The van der Waals surface area contributed by atoms with E-state index in [1.165, 1.54) is 22.7 Å². The van der Waals surface area contributed by atoms with Crippen molar-refractivity contribution in [3.63, 3.8) is 0 Å². The van der Waals surface area contributed by atoms with Crippen molar-refractivity contribution in [1.82, 2.24) is 15.0 Å². The number of carbonyl (C=O) groups excluding carboxylic acids is 1. The first-order valence-electron chi connectivity index (χ1n) is 6.13. The second kappa shape index (κ2) is 5.40. The number of hydrogen-bond donors (Lipinski definition) is 2. The maximum atomic E-state index is 12.3.